The van der Waals surface area contributed by atoms with Gasteiger partial charge in [-0.3, -0.25) is 0 Å². The first kappa shape index (κ1) is 14.1. The zero-order chi connectivity index (χ0) is 13.8. The van der Waals surface area contributed by atoms with Crippen LogP contribution < -0.4 is 10.6 Å². The highest BCUT2D eigenvalue weighted by atomic mass is 79.9. The van der Waals surface area contributed by atoms with Crippen LogP contribution in [0.2, 0.25) is 0 Å². The maximum absolute atomic E-state index is 11.8. The quantitative estimate of drug-likeness (QED) is 0.889. The van der Waals surface area contributed by atoms with Gasteiger partial charge < -0.3 is 15.2 Å². The Labute approximate surface area is 123 Å². The van der Waals surface area contributed by atoms with Crippen molar-refractivity contribution in [2.45, 2.75) is 26.8 Å². The minimum atomic E-state index is -0.248. The largest absolute Gasteiger partial charge is 0.361 e. The molecule has 102 valence electrons. The molecule has 0 aromatic carbocycles. The van der Waals surface area contributed by atoms with Crippen LogP contribution in [0.15, 0.2) is 19.8 Å². The van der Waals surface area contributed by atoms with Crippen molar-refractivity contribution in [3.05, 3.63) is 32.3 Å². The maximum Gasteiger partial charge on any atom is 0.319 e. The number of aromatic nitrogens is 1. The molecule has 2 amide bonds. The highest BCUT2D eigenvalue weighted by Crippen LogP contribution is 2.26. The number of carbonyl (C=O) groups is 1. The lowest BCUT2D eigenvalue weighted by Gasteiger charge is -2.06. The fourth-order valence-electron chi connectivity index (χ4n) is 1.65. The molecular formula is C12H14BrN3O2S. The van der Waals surface area contributed by atoms with Crippen molar-refractivity contribution in [3.63, 3.8) is 0 Å². The van der Waals surface area contributed by atoms with Gasteiger partial charge in [0, 0.05) is 29.3 Å². The van der Waals surface area contributed by atoms with Gasteiger partial charge in [-0.25, -0.2) is 4.79 Å². The van der Waals surface area contributed by atoms with Gasteiger partial charge in [-0.15, -0.1) is 11.3 Å². The Morgan fingerprint density at radius 2 is 2.32 bits per heavy atom. The number of hydrogen-bond acceptors (Lipinski definition) is 4. The first-order valence-electron chi connectivity index (χ1n) is 5.82. The number of nitrogens with one attached hydrogen (secondary N) is 2. The fraction of sp³-hybridized carbons (Fsp3) is 0.333. The summed E-state index contributed by atoms with van der Waals surface area (Å²) in [6, 6.07) is -0.248. The van der Waals surface area contributed by atoms with Crippen molar-refractivity contribution in [2.24, 2.45) is 0 Å². The van der Waals surface area contributed by atoms with E-state index in [-0.39, 0.29) is 6.03 Å². The lowest BCUT2D eigenvalue weighted by molar-refractivity contribution is 0.251. The van der Waals surface area contributed by atoms with Gasteiger partial charge in [0.15, 0.2) is 0 Å². The lowest BCUT2D eigenvalue weighted by atomic mass is 10.1. The molecule has 2 aromatic heterocycles. The second kappa shape index (κ2) is 6.21. The van der Waals surface area contributed by atoms with Crippen LogP contribution in [0.1, 0.15) is 23.9 Å². The molecule has 0 atom stereocenters. The first-order valence-corrected chi connectivity index (χ1v) is 7.56. The number of thiophene rings is 1. The number of rotatable bonds is 4. The van der Waals surface area contributed by atoms with Gasteiger partial charge in [-0.1, -0.05) is 12.1 Å². The molecule has 0 aliphatic carbocycles. The number of nitrogens with zero attached hydrogens (tertiary/aromatic N) is 1. The standard InChI is InChI=1S/C12H14BrN3O2S/c1-3-11-8(7(2)16-18-11)4-14-12(17)15-10-6-19-5-9(10)13/h5-6H,3-4H2,1-2H3,(H2,14,15,17). The molecule has 5 nitrogen and oxygen atoms in total. The molecule has 19 heavy (non-hydrogen) atoms. The summed E-state index contributed by atoms with van der Waals surface area (Å²) in [7, 11) is 0. The number of anilines is 1. The zero-order valence-corrected chi connectivity index (χ0v) is 13.0. The second-order valence-corrected chi connectivity index (χ2v) is 5.56. The molecule has 2 heterocycles. The average molecular weight is 344 g/mol. The van der Waals surface area contributed by atoms with Crippen LogP contribution in [0.3, 0.4) is 0 Å². The number of aryl methyl sites for hydroxylation is 2. The number of urea groups is 1. The van der Waals surface area contributed by atoms with E-state index in [1.165, 1.54) is 11.3 Å². The Morgan fingerprint density at radius 3 is 2.95 bits per heavy atom. The smallest absolute Gasteiger partial charge is 0.319 e. The molecule has 2 rings (SSSR count). The Kier molecular flexibility index (Phi) is 4.60. The summed E-state index contributed by atoms with van der Waals surface area (Å²) in [6.07, 6.45) is 0.759. The van der Waals surface area contributed by atoms with Crippen LogP contribution >= 0.6 is 27.3 Å². The van der Waals surface area contributed by atoms with Crippen molar-refractivity contribution < 1.29 is 9.32 Å². The molecule has 0 aliphatic heterocycles. The molecule has 2 N–H and O–H groups in total. The van der Waals surface area contributed by atoms with Crippen molar-refractivity contribution in [3.8, 4) is 0 Å². The summed E-state index contributed by atoms with van der Waals surface area (Å²) < 4.78 is 6.05. The topological polar surface area (TPSA) is 67.2 Å². The third kappa shape index (κ3) is 3.36. The van der Waals surface area contributed by atoms with E-state index >= 15 is 0 Å². The Hall–Kier alpha value is -1.34. The number of carbonyl (C=O) groups excluding carboxylic acids is 1. The van der Waals surface area contributed by atoms with Gasteiger partial charge in [0.25, 0.3) is 0 Å². The van der Waals surface area contributed by atoms with Crippen molar-refractivity contribution in [2.75, 3.05) is 5.32 Å². The Morgan fingerprint density at radius 1 is 1.53 bits per heavy atom. The third-order valence-corrected chi connectivity index (χ3v) is 4.38. The Bertz CT molecular complexity index is 579. The van der Waals surface area contributed by atoms with Gasteiger partial charge in [0.1, 0.15) is 5.76 Å². The molecule has 0 bridgehead atoms. The van der Waals surface area contributed by atoms with E-state index in [0.29, 0.717) is 6.54 Å². The fourth-order valence-corrected chi connectivity index (χ4v) is 2.97. The highest BCUT2D eigenvalue weighted by molar-refractivity contribution is 9.10. The van der Waals surface area contributed by atoms with E-state index in [1.54, 1.807) is 0 Å². The van der Waals surface area contributed by atoms with Gasteiger partial charge in [-0.2, -0.15) is 0 Å². The SMILES string of the molecule is CCc1onc(C)c1CNC(=O)Nc1cscc1Br. The lowest BCUT2D eigenvalue weighted by Crippen LogP contribution is -2.28. The van der Waals surface area contributed by atoms with Crippen LogP contribution in [0.5, 0.6) is 0 Å². The number of amides is 2. The maximum atomic E-state index is 11.8. The third-order valence-electron chi connectivity index (χ3n) is 2.68. The minimum Gasteiger partial charge on any atom is -0.361 e. The summed E-state index contributed by atoms with van der Waals surface area (Å²) in [5.41, 5.74) is 2.52. The molecule has 0 unspecified atom stereocenters. The number of halogens is 1. The van der Waals surface area contributed by atoms with Crippen LogP contribution in [0.4, 0.5) is 10.5 Å². The molecule has 0 fully saturated rings. The van der Waals surface area contributed by atoms with E-state index in [4.69, 9.17) is 4.52 Å². The van der Waals surface area contributed by atoms with Gasteiger partial charge in [0.2, 0.25) is 0 Å². The average Bonchev–Trinajstić information content (AvgIpc) is 2.94. The van der Waals surface area contributed by atoms with Gasteiger partial charge in [0.05, 0.1) is 15.9 Å². The summed E-state index contributed by atoms with van der Waals surface area (Å²) in [5, 5.41) is 13.3. The molecule has 0 radical (unpaired) electrons. The van der Waals surface area contributed by atoms with E-state index in [1.807, 2.05) is 24.6 Å². The Balaban J connectivity index is 1.93. The molecular weight excluding hydrogens is 330 g/mol. The summed E-state index contributed by atoms with van der Waals surface area (Å²) in [6.45, 7) is 4.27. The monoisotopic (exact) mass is 343 g/mol. The van der Waals surface area contributed by atoms with Crippen LogP contribution in [0, 0.1) is 6.92 Å². The van der Waals surface area contributed by atoms with Crippen LogP contribution in [-0.4, -0.2) is 11.2 Å². The summed E-state index contributed by atoms with van der Waals surface area (Å²) >= 11 is 4.88. The summed E-state index contributed by atoms with van der Waals surface area (Å²) in [4.78, 5) is 11.8. The van der Waals surface area contributed by atoms with E-state index in [9.17, 15) is 4.79 Å². The van der Waals surface area contributed by atoms with E-state index in [2.05, 4.69) is 31.7 Å². The predicted molar refractivity (Wildman–Crippen MR) is 78.5 cm³/mol. The molecule has 0 saturated carbocycles. The highest BCUT2D eigenvalue weighted by Gasteiger charge is 2.12. The van der Waals surface area contributed by atoms with E-state index in [0.717, 1.165) is 33.6 Å². The van der Waals surface area contributed by atoms with Crippen LogP contribution in [0.25, 0.3) is 0 Å². The molecule has 0 spiro atoms. The minimum absolute atomic E-state index is 0.248. The number of hydrogen-bond donors (Lipinski definition) is 2. The van der Waals surface area contributed by atoms with Gasteiger partial charge >= 0.3 is 6.03 Å². The second-order valence-electron chi connectivity index (χ2n) is 3.96. The van der Waals surface area contributed by atoms with Crippen LogP contribution in [-0.2, 0) is 13.0 Å². The van der Waals surface area contributed by atoms with Crippen molar-refractivity contribution in [1.82, 2.24) is 10.5 Å². The molecule has 2 aromatic rings. The summed E-state index contributed by atoms with van der Waals surface area (Å²) in [5.74, 6) is 0.814. The van der Waals surface area contributed by atoms with E-state index < -0.39 is 0 Å². The molecule has 0 aliphatic rings. The first-order chi connectivity index (χ1) is 9.11. The zero-order valence-electron chi connectivity index (χ0n) is 10.6. The predicted octanol–water partition coefficient (Wildman–Crippen LogP) is 3.69. The molecule has 7 heteroatoms. The van der Waals surface area contributed by atoms with Crippen molar-refractivity contribution >= 4 is 39.0 Å². The molecule has 0 saturated heterocycles. The van der Waals surface area contributed by atoms with Crippen molar-refractivity contribution in [1.29, 1.82) is 0 Å². The van der Waals surface area contributed by atoms with Gasteiger partial charge in [-0.05, 0) is 22.9 Å². The normalized spacial score (nSPS) is 10.5.